The van der Waals surface area contributed by atoms with E-state index in [1.54, 1.807) is 42.5 Å². The summed E-state index contributed by atoms with van der Waals surface area (Å²) in [5.41, 5.74) is 3.50. The Hall–Kier alpha value is -3.56. The van der Waals surface area contributed by atoms with Crippen molar-refractivity contribution in [1.29, 1.82) is 0 Å². The van der Waals surface area contributed by atoms with Crippen LogP contribution in [0, 0.1) is 10.1 Å². The molecule has 0 spiro atoms. The summed E-state index contributed by atoms with van der Waals surface area (Å²) >= 11 is 6.75. The van der Waals surface area contributed by atoms with Crippen molar-refractivity contribution in [3.63, 3.8) is 0 Å². The van der Waals surface area contributed by atoms with Crippen LogP contribution in [0.2, 0.25) is 5.02 Å². The molecule has 2 N–H and O–H groups in total. The maximum absolute atomic E-state index is 12.3. The van der Waals surface area contributed by atoms with Crippen LogP contribution < -0.4 is 10.7 Å². The van der Waals surface area contributed by atoms with Crippen molar-refractivity contribution in [3.05, 3.63) is 91.8 Å². The van der Waals surface area contributed by atoms with E-state index in [9.17, 15) is 19.7 Å². The first-order valence-electron chi connectivity index (χ1n) is 8.17. The number of hydrogen-bond donors (Lipinski definition) is 2. The third-order valence-corrected chi connectivity index (χ3v) is 4.86. The van der Waals surface area contributed by atoms with Gasteiger partial charge in [-0.05, 0) is 48.5 Å². The summed E-state index contributed by atoms with van der Waals surface area (Å²) in [5.74, 6) is -0.827. The number of hydrogen-bond acceptors (Lipinski definition) is 6. The molecule has 1 heterocycles. The summed E-state index contributed by atoms with van der Waals surface area (Å²) in [5, 5.41) is 17.7. The molecule has 2 amide bonds. The first-order valence-corrected chi connectivity index (χ1v) is 9.36. The van der Waals surface area contributed by atoms with Crippen LogP contribution in [0.3, 0.4) is 0 Å². The van der Waals surface area contributed by atoms with Gasteiger partial charge in [0.15, 0.2) is 0 Å². The number of halogens is 1. The lowest BCUT2D eigenvalue weighted by atomic mass is 10.1. The summed E-state index contributed by atoms with van der Waals surface area (Å²) in [4.78, 5) is 35.2. The molecule has 0 unspecified atom stereocenters. The van der Waals surface area contributed by atoms with E-state index in [2.05, 4.69) is 15.8 Å². The molecule has 0 radical (unpaired) electrons. The minimum atomic E-state index is -0.496. The SMILES string of the molecule is O=C(N/N=C/c1ccc([N+](=O)[O-])s1)c1cccc(NC(=O)c2ccc(Cl)cc2)c1. The second-order valence-electron chi connectivity index (χ2n) is 5.67. The molecule has 0 saturated heterocycles. The van der Waals surface area contributed by atoms with Crippen LogP contribution in [0.25, 0.3) is 0 Å². The fourth-order valence-corrected chi connectivity index (χ4v) is 3.09. The van der Waals surface area contributed by atoms with E-state index in [-0.39, 0.29) is 16.5 Å². The molecule has 10 heteroatoms. The number of amides is 2. The Morgan fingerprint density at radius 3 is 2.48 bits per heavy atom. The third kappa shape index (κ3) is 5.47. The molecule has 2 aromatic carbocycles. The van der Waals surface area contributed by atoms with Crippen LogP contribution in [-0.2, 0) is 0 Å². The number of nitrogens with one attached hydrogen (secondary N) is 2. The quantitative estimate of drug-likeness (QED) is 0.345. The predicted octanol–water partition coefficient (Wildman–Crippen LogP) is 4.33. The molecule has 0 aliphatic rings. The largest absolute Gasteiger partial charge is 0.324 e. The van der Waals surface area contributed by atoms with Crippen LogP contribution in [0.4, 0.5) is 10.7 Å². The molecule has 3 aromatic rings. The van der Waals surface area contributed by atoms with Crippen LogP contribution in [-0.4, -0.2) is 23.0 Å². The van der Waals surface area contributed by atoms with E-state index in [1.165, 1.54) is 24.4 Å². The van der Waals surface area contributed by atoms with Gasteiger partial charge >= 0.3 is 5.00 Å². The van der Waals surface area contributed by atoms with E-state index in [0.717, 1.165) is 11.3 Å². The van der Waals surface area contributed by atoms with Crippen molar-refractivity contribution in [2.75, 3.05) is 5.32 Å². The topological polar surface area (TPSA) is 114 Å². The second-order valence-corrected chi connectivity index (χ2v) is 7.20. The first kappa shape index (κ1) is 20.2. The number of hydrazone groups is 1. The predicted molar refractivity (Wildman–Crippen MR) is 112 cm³/mol. The van der Waals surface area contributed by atoms with Gasteiger partial charge in [0.25, 0.3) is 11.8 Å². The maximum atomic E-state index is 12.3. The van der Waals surface area contributed by atoms with Gasteiger partial charge in [0, 0.05) is 27.9 Å². The lowest BCUT2D eigenvalue weighted by molar-refractivity contribution is -0.380. The smallest absolute Gasteiger partial charge is 0.322 e. The number of thiophene rings is 1. The van der Waals surface area contributed by atoms with E-state index >= 15 is 0 Å². The summed E-state index contributed by atoms with van der Waals surface area (Å²) in [6.45, 7) is 0. The highest BCUT2D eigenvalue weighted by Crippen LogP contribution is 2.22. The molecule has 3 rings (SSSR count). The van der Waals surface area contributed by atoms with E-state index in [1.807, 2.05) is 0 Å². The fraction of sp³-hybridized carbons (Fsp3) is 0. The molecule has 0 aliphatic heterocycles. The van der Waals surface area contributed by atoms with Gasteiger partial charge < -0.3 is 5.32 Å². The standard InChI is InChI=1S/C19H13ClN4O4S/c20-14-6-4-12(5-7-14)18(25)22-15-3-1-2-13(10-15)19(26)23-21-11-16-8-9-17(29-16)24(27)28/h1-11H,(H,22,25)(H,23,26)/b21-11+. The normalized spacial score (nSPS) is 10.7. The highest BCUT2D eigenvalue weighted by atomic mass is 35.5. The van der Waals surface area contributed by atoms with E-state index < -0.39 is 10.8 Å². The number of benzene rings is 2. The minimum Gasteiger partial charge on any atom is -0.322 e. The van der Waals surface area contributed by atoms with Gasteiger partial charge in [0.1, 0.15) is 0 Å². The molecule has 0 fully saturated rings. The Morgan fingerprint density at radius 2 is 1.79 bits per heavy atom. The van der Waals surface area contributed by atoms with E-state index in [4.69, 9.17) is 11.6 Å². The highest BCUT2D eigenvalue weighted by molar-refractivity contribution is 7.16. The van der Waals surface area contributed by atoms with E-state index in [0.29, 0.717) is 21.2 Å². The van der Waals surface area contributed by atoms with Gasteiger partial charge in [-0.2, -0.15) is 5.10 Å². The Labute approximate surface area is 174 Å². The third-order valence-electron chi connectivity index (χ3n) is 3.64. The molecule has 0 saturated carbocycles. The summed E-state index contributed by atoms with van der Waals surface area (Å²) < 4.78 is 0. The second kappa shape index (κ2) is 9.09. The Bertz CT molecular complexity index is 1100. The van der Waals surface area contributed by atoms with Crippen molar-refractivity contribution < 1.29 is 14.5 Å². The number of rotatable bonds is 6. The molecule has 1 aromatic heterocycles. The summed E-state index contributed by atoms with van der Waals surface area (Å²) in [7, 11) is 0. The van der Waals surface area contributed by atoms with Gasteiger partial charge in [-0.3, -0.25) is 19.7 Å². The number of anilines is 1. The van der Waals surface area contributed by atoms with Gasteiger partial charge in [-0.15, -0.1) is 0 Å². The number of nitro groups is 1. The van der Waals surface area contributed by atoms with Crippen molar-refractivity contribution in [2.24, 2.45) is 5.10 Å². The van der Waals surface area contributed by atoms with Crippen molar-refractivity contribution in [3.8, 4) is 0 Å². The summed E-state index contributed by atoms with van der Waals surface area (Å²) in [6.07, 6.45) is 1.32. The van der Waals surface area contributed by atoms with Crippen LogP contribution >= 0.6 is 22.9 Å². The maximum Gasteiger partial charge on any atom is 0.324 e. The van der Waals surface area contributed by atoms with Gasteiger partial charge in [0.2, 0.25) is 0 Å². The van der Waals surface area contributed by atoms with Crippen molar-refractivity contribution >= 4 is 51.7 Å². The molecule has 146 valence electrons. The zero-order chi connectivity index (χ0) is 20.8. The number of nitrogens with zero attached hydrogens (tertiary/aromatic N) is 2. The van der Waals surface area contributed by atoms with Gasteiger partial charge in [0.05, 0.1) is 16.0 Å². The average Bonchev–Trinajstić information content (AvgIpc) is 3.18. The zero-order valence-electron chi connectivity index (χ0n) is 14.7. The van der Waals surface area contributed by atoms with Gasteiger partial charge in [-0.25, -0.2) is 5.43 Å². The molecule has 0 bridgehead atoms. The first-order chi connectivity index (χ1) is 13.9. The molecule has 0 aliphatic carbocycles. The number of carbonyl (C=O) groups is 2. The Kier molecular flexibility index (Phi) is 6.32. The van der Waals surface area contributed by atoms with Crippen molar-refractivity contribution in [2.45, 2.75) is 0 Å². The van der Waals surface area contributed by atoms with Crippen LogP contribution in [0.1, 0.15) is 25.6 Å². The minimum absolute atomic E-state index is 0.0121. The molecular weight excluding hydrogens is 416 g/mol. The Balaban J connectivity index is 1.62. The van der Waals surface area contributed by atoms with Crippen molar-refractivity contribution in [1.82, 2.24) is 5.43 Å². The molecule has 29 heavy (non-hydrogen) atoms. The van der Waals surface area contributed by atoms with Crippen LogP contribution in [0.15, 0.2) is 65.8 Å². The van der Waals surface area contributed by atoms with Crippen LogP contribution in [0.5, 0.6) is 0 Å². The molecule has 8 nitrogen and oxygen atoms in total. The molecule has 0 atom stereocenters. The average molecular weight is 429 g/mol. The number of carbonyl (C=O) groups excluding carboxylic acids is 2. The molecular formula is C19H13ClN4O4S. The lowest BCUT2D eigenvalue weighted by Gasteiger charge is -2.07. The Morgan fingerprint density at radius 1 is 1.03 bits per heavy atom. The van der Waals surface area contributed by atoms with Gasteiger partial charge in [-0.1, -0.05) is 29.0 Å². The lowest BCUT2D eigenvalue weighted by Crippen LogP contribution is -2.18. The fourth-order valence-electron chi connectivity index (χ4n) is 2.27. The highest BCUT2D eigenvalue weighted by Gasteiger charge is 2.10. The monoisotopic (exact) mass is 428 g/mol. The zero-order valence-corrected chi connectivity index (χ0v) is 16.2. The summed E-state index contributed by atoms with van der Waals surface area (Å²) in [6, 6.07) is 15.7.